The summed E-state index contributed by atoms with van der Waals surface area (Å²) < 4.78 is 27.9. The smallest absolute Gasteiger partial charge is 0.264 e. The van der Waals surface area contributed by atoms with Gasteiger partial charge in [0.15, 0.2) is 0 Å². The fourth-order valence-electron chi connectivity index (χ4n) is 5.21. The lowest BCUT2D eigenvalue weighted by Gasteiger charge is -2.36. The predicted octanol–water partition coefficient (Wildman–Crippen LogP) is 4.27. The Kier molecular flexibility index (Phi) is 5.70. The molecule has 1 saturated heterocycles. The number of rotatable bonds is 4. The van der Waals surface area contributed by atoms with E-state index in [4.69, 9.17) is 0 Å². The van der Waals surface area contributed by atoms with E-state index in [1.54, 1.807) is 42.5 Å². The van der Waals surface area contributed by atoms with Gasteiger partial charge in [0.1, 0.15) is 0 Å². The zero-order valence-electron chi connectivity index (χ0n) is 19.7. The third-order valence-corrected chi connectivity index (χ3v) is 8.81. The zero-order chi connectivity index (χ0) is 24.0. The molecule has 0 saturated carbocycles. The van der Waals surface area contributed by atoms with Gasteiger partial charge in [-0.1, -0.05) is 42.0 Å². The van der Waals surface area contributed by atoms with Crippen molar-refractivity contribution in [2.45, 2.75) is 30.2 Å². The van der Waals surface area contributed by atoms with Gasteiger partial charge >= 0.3 is 0 Å². The molecule has 2 aliphatic heterocycles. The van der Waals surface area contributed by atoms with E-state index in [1.165, 1.54) is 28.5 Å². The Morgan fingerprint density at radius 1 is 1.00 bits per heavy atom. The molecule has 0 radical (unpaired) electrons. The van der Waals surface area contributed by atoms with Crippen molar-refractivity contribution in [1.29, 1.82) is 0 Å². The second kappa shape index (κ2) is 8.56. The van der Waals surface area contributed by atoms with Crippen molar-refractivity contribution in [3.05, 3.63) is 89.5 Å². The summed E-state index contributed by atoms with van der Waals surface area (Å²) in [5, 5.41) is 0. The lowest BCUT2D eigenvalue weighted by molar-refractivity contribution is 0.0964. The highest BCUT2D eigenvalue weighted by molar-refractivity contribution is 7.92. The zero-order valence-corrected chi connectivity index (χ0v) is 20.5. The molecule has 2 heterocycles. The molecule has 3 aromatic rings. The highest BCUT2D eigenvalue weighted by Crippen LogP contribution is 2.45. The molecule has 0 unspecified atom stereocenters. The number of carbonyl (C=O) groups is 1. The number of aryl methyl sites for hydroxylation is 1. The van der Waals surface area contributed by atoms with Crippen LogP contribution in [-0.4, -0.2) is 52.5 Å². The van der Waals surface area contributed by atoms with Gasteiger partial charge in [0.2, 0.25) is 0 Å². The van der Waals surface area contributed by atoms with Crippen LogP contribution in [0.25, 0.3) is 0 Å². The average Bonchev–Trinajstić information content (AvgIpc) is 3.16. The van der Waals surface area contributed by atoms with Crippen LogP contribution in [0.3, 0.4) is 0 Å². The van der Waals surface area contributed by atoms with Crippen molar-refractivity contribution >= 4 is 27.3 Å². The van der Waals surface area contributed by atoms with Crippen LogP contribution in [0.4, 0.5) is 11.4 Å². The van der Waals surface area contributed by atoms with Crippen LogP contribution in [0.5, 0.6) is 0 Å². The molecule has 7 heteroatoms. The Morgan fingerprint density at radius 2 is 1.76 bits per heavy atom. The number of likely N-dealkylation sites (N-methyl/N-ethyl adjacent to an activating group) is 1. The van der Waals surface area contributed by atoms with Crippen LogP contribution in [0, 0.1) is 6.92 Å². The van der Waals surface area contributed by atoms with E-state index in [-0.39, 0.29) is 22.8 Å². The first-order chi connectivity index (χ1) is 16.3. The van der Waals surface area contributed by atoms with Crippen LogP contribution >= 0.6 is 0 Å². The van der Waals surface area contributed by atoms with Crippen molar-refractivity contribution in [2.24, 2.45) is 0 Å². The number of carbonyl (C=O) groups excluding carboxylic acids is 1. The molecule has 34 heavy (non-hydrogen) atoms. The van der Waals surface area contributed by atoms with E-state index in [9.17, 15) is 13.2 Å². The number of hydrogen-bond acceptors (Lipinski definition) is 4. The van der Waals surface area contributed by atoms with E-state index in [0.717, 1.165) is 25.2 Å². The molecule has 0 bridgehead atoms. The van der Waals surface area contributed by atoms with Gasteiger partial charge in [0, 0.05) is 36.8 Å². The van der Waals surface area contributed by atoms with Crippen molar-refractivity contribution in [3.8, 4) is 0 Å². The highest BCUT2D eigenvalue weighted by Gasteiger charge is 2.44. The summed E-state index contributed by atoms with van der Waals surface area (Å²) in [5.41, 5.74) is 4.27. The van der Waals surface area contributed by atoms with Crippen LogP contribution in [0.15, 0.2) is 77.7 Å². The van der Waals surface area contributed by atoms with Crippen LogP contribution in [0.1, 0.15) is 33.8 Å². The minimum atomic E-state index is -3.81. The maximum Gasteiger partial charge on any atom is 0.264 e. The van der Waals surface area contributed by atoms with Gasteiger partial charge in [-0.3, -0.25) is 9.10 Å². The summed E-state index contributed by atoms with van der Waals surface area (Å²) >= 11 is 0. The number of piperidine rings is 1. The van der Waals surface area contributed by atoms with E-state index < -0.39 is 10.0 Å². The molecule has 176 valence electrons. The molecule has 3 aromatic carbocycles. The average molecular weight is 476 g/mol. The van der Waals surface area contributed by atoms with E-state index in [0.29, 0.717) is 11.3 Å². The molecule has 0 N–H and O–H groups in total. The Morgan fingerprint density at radius 3 is 2.53 bits per heavy atom. The first-order valence-corrected chi connectivity index (χ1v) is 13.0. The third-order valence-electron chi connectivity index (χ3n) is 7.03. The van der Waals surface area contributed by atoms with Gasteiger partial charge in [-0.05, 0) is 68.9 Å². The molecular weight excluding hydrogens is 446 g/mol. The van der Waals surface area contributed by atoms with E-state index in [1.807, 2.05) is 23.1 Å². The maximum absolute atomic E-state index is 13.9. The Bertz CT molecular complexity index is 1340. The van der Waals surface area contributed by atoms with Gasteiger partial charge in [-0.25, -0.2) is 8.42 Å². The monoisotopic (exact) mass is 475 g/mol. The third kappa shape index (κ3) is 3.79. The van der Waals surface area contributed by atoms with Crippen LogP contribution < -0.4 is 9.21 Å². The van der Waals surface area contributed by atoms with Crippen molar-refractivity contribution < 1.29 is 13.2 Å². The minimum absolute atomic E-state index is 0.0766. The van der Waals surface area contributed by atoms with Gasteiger partial charge in [-0.15, -0.1) is 0 Å². The van der Waals surface area contributed by atoms with Crippen molar-refractivity contribution in [2.75, 3.05) is 36.4 Å². The largest absolute Gasteiger partial charge is 0.306 e. The number of hydrogen-bond donors (Lipinski definition) is 0. The molecule has 2 atom stereocenters. The molecule has 6 nitrogen and oxygen atoms in total. The van der Waals surface area contributed by atoms with Gasteiger partial charge in [-0.2, -0.15) is 0 Å². The van der Waals surface area contributed by atoms with Crippen LogP contribution in [0.2, 0.25) is 0 Å². The Hall–Kier alpha value is -3.16. The summed E-state index contributed by atoms with van der Waals surface area (Å²) in [6.07, 6.45) is 0.884. The summed E-state index contributed by atoms with van der Waals surface area (Å²) in [6, 6.07) is 21.7. The Balaban J connectivity index is 1.51. The van der Waals surface area contributed by atoms with Crippen LogP contribution in [-0.2, 0) is 10.0 Å². The second-order valence-electron chi connectivity index (χ2n) is 9.30. The number of para-hydroxylation sites is 1. The number of sulfonamides is 1. The number of likely N-dealkylation sites (tertiary alicyclic amines) is 1. The standard InChI is InChI=1S/C27H29N3O3S/c1-19-12-13-25-23(16-19)24-18-28(2)15-14-26(24)30(25)27(31)20-8-7-11-22(17-20)34(32,33)29(3)21-9-5-4-6-10-21/h4-13,16-17,24,26H,14-15,18H2,1-3H3/t24-,26-/m1/s1. The predicted molar refractivity (Wildman–Crippen MR) is 135 cm³/mol. The number of fused-ring (bicyclic) bond motifs is 3. The van der Waals surface area contributed by atoms with Gasteiger partial charge in [0.05, 0.1) is 10.6 Å². The number of benzene rings is 3. The fourth-order valence-corrected chi connectivity index (χ4v) is 6.45. The Labute approximate surface area is 201 Å². The van der Waals surface area contributed by atoms with E-state index >= 15 is 0 Å². The molecule has 5 rings (SSSR count). The summed E-state index contributed by atoms with van der Waals surface area (Å²) in [6.45, 7) is 3.90. The first kappa shape index (κ1) is 22.6. The van der Waals surface area contributed by atoms with Crippen molar-refractivity contribution in [1.82, 2.24) is 4.90 Å². The highest BCUT2D eigenvalue weighted by atomic mass is 32.2. The molecular formula is C27H29N3O3S. The number of anilines is 2. The number of nitrogens with zero attached hydrogens (tertiary/aromatic N) is 3. The normalized spacial score (nSPS) is 20.0. The fraction of sp³-hybridized carbons (Fsp3) is 0.296. The number of amides is 1. The molecule has 0 spiro atoms. The molecule has 0 aromatic heterocycles. The lowest BCUT2D eigenvalue weighted by Crippen LogP contribution is -2.47. The second-order valence-corrected chi connectivity index (χ2v) is 11.3. The first-order valence-electron chi connectivity index (χ1n) is 11.5. The van der Waals surface area contributed by atoms with Crippen molar-refractivity contribution in [3.63, 3.8) is 0 Å². The maximum atomic E-state index is 13.9. The topological polar surface area (TPSA) is 60.9 Å². The molecule has 0 aliphatic carbocycles. The summed E-state index contributed by atoms with van der Waals surface area (Å²) in [4.78, 5) is 18.2. The molecule has 1 amide bonds. The lowest BCUT2D eigenvalue weighted by atomic mass is 9.88. The minimum Gasteiger partial charge on any atom is -0.306 e. The van der Waals surface area contributed by atoms with Gasteiger partial charge < -0.3 is 9.80 Å². The van der Waals surface area contributed by atoms with E-state index in [2.05, 4.69) is 24.9 Å². The SMILES string of the molecule is Cc1ccc2c(c1)[C@H]1CN(C)CC[C@H]1N2C(=O)c1cccc(S(=O)(=O)N(C)c2ccccc2)c1. The summed E-state index contributed by atoms with van der Waals surface area (Å²) in [7, 11) is -0.165. The quantitative estimate of drug-likeness (QED) is 0.566. The molecule has 1 fully saturated rings. The van der Waals surface area contributed by atoms with Gasteiger partial charge in [0.25, 0.3) is 15.9 Å². The summed E-state index contributed by atoms with van der Waals surface area (Å²) in [5.74, 6) is 0.107. The molecule has 2 aliphatic rings.